The van der Waals surface area contributed by atoms with Gasteiger partial charge in [0.25, 0.3) is 0 Å². The highest BCUT2D eigenvalue weighted by molar-refractivity contribution is 6.30. The van der Waals surface area contributed by atoms with Crippen LogP contribution in [-0.2, 0) is 12.6 Å². The van der Waals surface area contributed by atoms with Crippen LogP contribution in [-0.4, -0.2) is 29.0 Å². The molecule has 0 spiro atoms. The highest BCUT2D eigenvalue weighted by atomic mass is 35.5. The van der Waals surface area contributed by atoms with Crippen molar-refractivity contribution in [3.8, 4) is 11.6 Å². The summed E-state index contributed by atoms with van der Waals surface area (Å²) in [5, 5.41) is 3.50. The van der Waals surface area contributed by atoms with Gasteiger partial charge in [-0.3, -0.25) is 0 Å². The van der Waals surface area contributed by atoms with Gasteiger partial charge in [-0.05, 0) is 73.2 Å². The third kappa shape index (κ3) is 6.41. The molecule has 1 aliphatic rings. The lowest BCUT2D eigenvalue weighted by molar-refractivity contribution is -0.137. The number of rotatable bonds is 5. The number of benzene rings is 2. The first-order chi connectivity index (χ1) is 16.3. The van der Waals surface area contributed by atoms with Gasteiger partial charge >= 0.3 is 12.2 Å². The molecule has 34 heavy (non-hydrogen) atoms. The number of pyridine rings is 1. The number of nitrogens with one attached hydrogen (secondary N) is 1. The Kier molecular flexibility index (Phi) is 7.26. The smallest absolute Gasteiger partial charge is 0.417 e. The molecule has 1 saturated heterocycles. The predicted octanol–water partition coefficient (Wildman–Crippen LogP) is 7.03. The molecule has 4 rings (SSSR count). The number of piperidine rings is 1. The van der Waals surface area contributed by atoms with E-state index < -0.39 is 11.7 Å². The Balaban J connectivity index is 1.28. The Bertz CT molecular complexity index is 1110. The predicted molar refractivity (Wildman–Crippen MR) is 124 cm³/mol. The number of ether oxygens (including phenoxy) is 1. The summed E-state index contributed by atoms with van der Waals surface area (Å²) in [5.74, 6) is 1.04. The van der Waals surface area contributed by atoms with Crippen LogP contribution in [0.1, 0.15) is 24.0 Å². The van der Waals surface area contributed by atoms with Crippen LogP contribution in [0.3, 0.4) is 0 Å². The fourth-order valence-corrected chi connectivity index (χ4v) is 4.00. The van der Waals surface area contributed by atoms with Crippen molar-refractivity contribution in [2.75, 3.05) is 18.4 Å². The molecule has 2 heterocycles. The third-order valence-corrected chi connectivity index (χ3v) is 5.96. The van der Waals surface area contributed by atoms with Gasteiger partial charge < -0.3 is 15.0 Å². The number of carbonyl (C=O) groups excluding carboxylic acids is 1. The zero-order valence-electron chi connectivity index (χ0n) is 18.2. The summed E-state index contributed by atoms with van der Waals surface area (Å²) in [5.41, 5.74) is 0.950. The lowest BCUT2D eigenvalue weighted by Crippen LogP contribution is -2.41. The second kappa shape index (κ2) is 10.3. The van der Waals surface area contributed by atoms with Crippen molar-refractivity contribution in [2.45, 2.75) is 25.4 Å². The zero-order chi connectivity index (χ0) is 24.1. The van der Waals surface area contributed by atoms with E-state index in [2.05, 4.69) is 10.3 Å². The van der Waals surface area contributed by atoms with Crippen LogP contribution in [0.15, 0.2) is 66.9 Å². The molecule has 0 bridgehead atoms. The number of hydrogen-bond acceptors (Lipinski definition) is 3. The minimum atomic E-state index is -4.43. The lowest BCUT2D eigenvalue weighted by atomic mass is 9.90. The van der Waals surface area contributed by atoms with Crippen molar-refractivity contribution in [2.24, 2.45) is 5.92 Å². The first-order valence-electron chi connectivity index (χ1n) is 10.9. The molecular weight excluding hydrogens is 467 g/mol. The average molecular weight is 490 g/mol. The van der Waals surface area contributed by atoms with Crippen LogP contribution >= 0.6 is 11.6 Å². The molecule has 178 valence electrons. The average Bonchev–Trinajstić information content (AvgIpc) is 2.81. The molecule has 1 N–H and O–H groups in total. The Labute approximate surface area is 200 Å². The molecule has 3 aromatic rings. The van der Waals surface area contributed by atoms with Crippen LogP contribution in [0.25, 0.3) is 0 Å². The maximum Gasteiger partial charge on any atom is 0.417 e. The lowest BCUT2D eigenvalue weighted by Gasteiger charge is -2.32. The van der Waals surface area contributed by atoms with Gasteiger partial charge in [0.05, 0.1) is 5.56 Å². The van der Waals surface area contributed by atoms with Gasteiger partial charge in [0.1, 0.15) is 5.75 Å². The van der Waals surface area contributed by atoms with Crippen molar-refractivity contribution >= 4 is 23.3 Å². The van der Waals surface area contributed by atoms with E-state index in [0.717, 1.165) is 37.1 Å². The first kappa shape index (κ1) is 23.9. The van der Waals surface area contributed by atoms with Crippen molar-refractivity contribution in [1.29, 1.82) is 0 Å². The number of carbonyl (C=O) groups is 1. The Morgan fingerprint density at radius 3 is 2.47 bits per heavy atom. The summed E-state index contributed by atoms with van der Waals surface area (Å²) in [4.78, 5) is 18.1. The Hall–Kier alpha value is -3.26. The van der Waals surface area contributed by atoms with Crippen LogP contribution in [0, 0.1) is 5.92 Å². The van der Waals surface area contributed by atoms with Gasteiger partial charge in [-0.15, -0.1) is 0 Å². The number of hydrogen-bond donors (Lipinski definition) is 1. The molecule has 0 atom stereocenters. The number of nitrogens with zero attached hydrogens (tertiary/aromatic N) is 2. The van der Waals surface area contributed by atoms with E-state index in [1.54, 1.807) is 35.2 Å². The quantitative estimate of drug-likeness (QED) is 0.418. The van der Waals surface area contributed by atoms with Crippen LogP contribution in [0.4, 0.5) is 23.7 Å². The van der Waals surface area contributed by atoms with E-state index in [4.69, 9.17) is 16.3 Å². The van der Waals surface area contributed by atoms with Gasteiger partial charge in [-0.2, -0.15) is 13.2 Å². The van der Waals surface area contributed by atoms with Crippen LogP contribution in [0.2, 0.25) is 5.02 Å². The second-order valence-corrected chi connectivity index (χ2v) is 8.64. The number of alkyl halides is 3. The summed E-state index contributed by atoms with van der Waals surface area (Å²) < 4.78 is 43.7. The van der Waals surface area contributed by atoms with E-state index in [1.165, 1.54) is 6.07 Å². The van der Waals surface area contributed by atoms with Gasteiger partial charge in [0.15, 0.2) is 0 Å². The number of aromatic nitrogens is 1. The number of urea groups is 1. The minimum Gasteiger partial charge on any atom is -0.439 e. The fraction of sp³-hybridized carbons (Fsp3) is 0.280. The molecule has 1 aromatic heterocycles. The molecular formula is C25H23ClF3N3O2. The van der Waals surface area contributed by atoms with Gasteiger partial charge in [-0.1, -0.05) is 23.7 Å². The summed E-state index contributed by atoms with van der Waals surface area (Å²) in [6.45, 7) is 1.32. The van der Waals surface area contributed by atoms with Gasteiger partial charge in [-0.25, -0.2) is 9.78 Å². The Morgan fingerprint density at radius 1 is 1.09 bits per heavy atom. The fourth-order valence-electron chi connectivity index (χ4n) is 3.87. The van der Waals surface area contributed by atoms with E-state index in [0.29, 0.717) is 35.5 Å². The zero-order valence-corrected chi connectivity index (χ0v) is 18.9. The SMILES string of the molecule is O=C(Nc1ccc(Cl)cc1)N1CCC(Cc2cccc(Oc3ccc(C(F)(F)F)cn3)c2)CC1. The normalized spacial score (nSPS) is 14.6. The highest BCUT2D eigenvalue weighted by Crippen LogP contribution is 2.30. The van der Waals surface area contributed by atoms with Crippen LogP contribution < -0.4 is 10.1 Å². The summed E-state index contributed by atoms with van der Waals surface area (Å²) in [6.07, 6.45) is -1.10. The molecule has 0 aliphatic carbocycles. The molecule has 0 radical (unpaired) electrons. The maximum absolute atomic E-state index is 12.7. The number of amides is 2. The van der Waals surface area contributed by atoms with Gasteiger partial charge in [0, 0.05) is 36.1 Å². The highest BCUT2D eigenvalue weighted by Gasteiger charge is 2.30. The van der Waals surface area contributed by atoms with E-state index in [-0.39, 0.29) is 11.9 Å². The van der Waals surface area contributed by atoms with Crippen molar-refractivity contribution in [1.82, 2.24) is 9.88 Å². The largest absolute Gasteiger partial charge is 0.439 e. The monoisotopic (exact) mass is 489 g/mol. The van der Waals surface area contributed by atoms with Gasteiger partial charge in [0.2, 0.25) is 5.88 Å². The number of likely N-dealkylation sites (tertiary alicyclic amines) is 1. The second-order valence-electron chi connectivity index (χ2n) is 8.20. The first-order valence-corrected chi connectivity index (χ1v) is 11.3. The topological polar surface area (TPSA) is 54.5 Å². The van der Waals surface area contributed by atoms with Crippen molar-refractivity contribution in [3.63, 3.8) is 0 Å². The Morgan fingerprint density at radius 2 is 1.82 bits per heavy atom. The number of halogens is 4. The van der Waals surface area contributed by atoms with Crippen LogP contribution in [0.5, 0.6) is 11.6 Å². The molecule has 5 nitrogen and oxygen atoms in total. The molecule has 0 unspecified atom stereocenters. The standard InChI is InChI=1S/C25H23ClF3N3O2/c26-20-5-7-21(8-6-20)31-24(33)32-12-10-17(11-13-32)14-18-2-1-3-22(15-18)34-23-9-4-19(16-30-23)25(27,28)29/h1-9,15-17H,10-14H2,(H,31,33). The molecule has 1 fully saturated rings. The molecule has 2 aromatic carbocycles. The summed E-state index contributed by atoms with van der Waals surface area (Å²) in [7, 11) is 0. The van der Waals surface area contributed by atoms with Crippen molar-refractivity contribution < 1.29 is 22.7 Å². The van der Waals surface area contributed by atoms with E-state index in [1.807, 2.05) is 18.2 Å². The summed E-state index contributed by atoms with van der Waals surface area (Å²) >= 11 is 5.88. The molecule has 1 aliphatic heterocycles. The molecule has 0 saturated carbocycles. The maximum atomic E-state index is 12.7. The summed E-state index contributed by atoms with van der Waals surface area (Å²) in [6, 6.07) is 16.5. The number of anilines is 1. The third-order valence-electron chi connectivity index (χ3n) is 5.71. The van der Waals surface area contributed by atoms with E-state index >= 15 is 0 Å². The minimum absolute atomic E-state index is 0.102. The molecule has 9 heteroatoms. The molecule has 2 amide bonds. The van der Waals surface area contributed by atoms with E-state index in [9.17, 15) is 18.0 Å². The van der Waals surface area contributed by atoms with Crippen molar-refractivity contribution in [3.05, 3.63) is 83.0 Å².